The molecule has 0 fully saturated rings. The van der Waals surface area contributed by atoms with Crippen molar-refractivity contribution in [1.82, 2.24) is 4.98 Å². The lowest BCUT2D eigenvalue weighted by Crippen LogP contribution is -2.20. The first-order valence-corrected chi connectivity index (χ1v) is 4.63. The first-order valence-electron chi connectivity index (χ1n) is 4.63. The van der Waals surface area contributed by atoms with E-state index in [0.29, 0.717) is 0 Å². The van der Waals surface area contributed by atoms with Crippen LogP contribution < -0.4 is 10.5 Å². The minimum atomic E-state index is -1.30. The Morgan fingerprint density at radius 3 is 2.81 bits per heavy atom. The van der Waals surface area contributed by atoms with Gasteiger partial charge in [-0.15, -0.1) is 0 Å². The van der Waals surface area contributed by atoms with Gasteiger partial charge in [-0.25, -0.2) is 4.98 Å². The molecule has 2 atom stereocenters. The number of anilines is 1. The van der Waals surface area contributed by atoms with Crippen molar-refractivity contribution in [1.29, 1.82) is 5.26 Å². The largest absolute Gasteiger partial charge is 0.481 e. The van der Waals surface area contributed by atoms with Crippen molar-refractivity contribution in [3.05, 3.63) is 17.8 Å². The third kappa shape index (κ3) is 2.59. The van der Waals surface area contributed by atoms with Crippen LogP contribution in [0, 0.1) is 11.3 Å². The fourth-order valence-corrected chi connectivity index (χ4v) is 1.20. The van der Waals surface area contributed by atoms with Crippen molar-refractivity contribution in [3.63, 3.8) is 0 Å². The molecule has 0 aliphatic rings. The van der Waals surface area contributed by atoms with Gasteiger partial charge in [0.2, 0.25) is 5.88 Å². The Bertz CT molecular complexity index is 403. The van der Waals surface area contributed by atoms with Crippen LogP contribution in [0.4, 0.5) is 5.69 Å². The average molecular weight is 223 g/mol. The van der Waals surface area contributed by atoms with Crippen molar-refractivity contribution in [2.24, 2.45) is 0 Å². The summed E-state index contributed by atoms with van der Waals surface area (Å²) in [5.41, 5.74) is 5.96. The third-order valence-corrected chi connectivity index (χ3v) is 2.09. The van der Waals surface area contributed by atoms with E-state index in [9.17, 15) is 10.2 Å². The van der Waals surface area contributed by atoms with Crippen molar-refractivity contribution < 1.29 is 14.9 Å². The molecular formula is C10H13N3O3. The number of methoxy groups -OCH3 is 1. The van der Waals surface area contributed by atoms with Gasteiger partial charge >= 0.3 is 0 Å². The summed E-state index contributed by atoms with van der Waals surface area (Å²) >= 11 is 0. The monoisotopic (exact) mass is 223 g/mol. The summed E-state index contributed by atoms with van der Waals surface area (Å²) in [5.74, 6) is 0.285. The number of hydrogen-bond donors (Lipinski definition) is 3. The maximum absolute atomic E-state index is 9.72. The Morgan fingerprint density at radius 2 is 2.25 bits per heavy atom. The number of nitrogens with zero attached hydrogens (tertiary/aromatic N) is 2. The molecule has 0 aliphatic heterocycles. The van der Waals surface area contributed by atoms with E-state index >= 15 is 0 Å². The lowest BCUT2D eigenvalue weighted by molar-refractivity contribution is 0.0192. The Kier molecular flexibility index (Phi) is 4.05. The van der Waals surface area contributed by atoms with Crippen molar-refractivity contribution in [2.45, 2.75) is 18.6 Å². The molecule has 1 heterocycles. The van der Waals surface area contributed by atoms with E-state index < -0.39 is 12.2 Å². The van der Waals surface area contributed by atoms with Crippen LogP contribution in [0.5, 0.6) is 5.88 Å². The van der Waals surface area contributed by atoms with E-state index in [0.717, 1.165) is 0 Å². The summed E-state index contributed by atoms with van der Waals surface area (Å²) in [5, 5.41) is 27.6. The summed E-state index contributed by atoms with van der Waals surface area (Å²) < 4.78 is 4.88. The first kappa shape index (κ1) is 12.2. The number of aliphatic hydroxyl groups excluding tert-OH is 2. The second-order valence-electron chi connectivity index (χ2n) is 3.20. The molecule has 2 unspecified atom stereocenters. The summed E-state index contributed by atoms with van der Waals surface area (Å²) in [6, 6.07) is 4.82. The maximum Gasteiger partial charge on any atom is 0.213 e. The number of ether oxygens (including phenoxy) is 1. The number of rotatable bonds is 4. The van der Waals surface area contributed by atoms with E-state index in [1.54, 1.807) is 12.1 Å². The predicted molar refractivity (Wildman–Crippen MR) is 56.4 cm³/mol. The third-order valence-electron chi connectivity index (χ3n) is 2.09. The maximum atomic E-state index is 9.72. The summed E-state index contributed by atoms with van der Waals surface area (Å²) in [6.45, 7) is 0. The normalized spacial score (nSPS) is 13.9. The second-order valence-corrected chi connectivity index (χ2v) is 3.20. The van der Waals surface area contributed by atoms with Gasteiger partial charge in [-0.2, -0.15) is 5.26 Å². The van der Waals surface area contributed by atoms with Crippen molar-refractivity contribution >= 4 is 5.69 Å². The first-order chi connectivity index (χ1) is 7.60. The number of nitriles is 1. The van der Waals surface area contributed by atoms with Crippen molar-refractivity contribution in [2.75, 3.05) is 12.8 Å². The quantitative estimate of drug-likeness (QED) is 0.661. The van der Waals surface area contributed by atoms with Crippen LogP contribution in [0.15, 0.2) is 12.1 Å². The van der Waals surface area contributed by atoms with Gasteiger partial charge in [0.25, 0.3) is 0 Å². The predicted octanol–water partition coefficient (Wildman–Crippen LogP) is -0.0196. The highest BCUT2D eigenvalue weighted by Crippen LogP contribution is 2.24. The zero-order valence-corrected chi connectivity index (χ0v) is 8.79. The Labute approximate surface area is 92.9 Å². The number of hydrogen-bond acceptors (Lipinski definition) is 6. The Morgan fingerprint density at radius 1 is 1.56 bits per heavy atom. The minimum Gasteiger partial charge on any atom is -0.481 e. The van der Waals surface area contributed by atoms with Gasteiger partial charge in [-0.3, -0.25) is 0 Å². The van der Waals surface area contributed by atoms with E-state index in [4.69, 9.17) is 15.7 Å². The van der Waals surface area contributed by atoms with Gasteiger partial charge < -0.3 is 20.7 Å². The Hall–Kier alpha value is -1.84. The molecule has 0 saturated carbocycles. The number of nitrogen functional groups attached to an aromatic ring is 1. The summed E-state index contributed by atoms with van der Waals surface area (Å²) in [4.78, 5) is 3.93. The molecule has 1 aromatic heterocycles. The van der Waals surface area contributed by atoms with Gasteiger partial charge in [0, 0.05) is 6.07 Å². The average Bonchev–Trinajstić information content (AvgIpc) is 2.29. The molecule has 6 heteroatoms. The molecule has 0 radical (unpaired) electrons. The van der Waals surface area contributed by atoms with Gasteiger partial charge in [0.05, 0.1) is 37.1 Å². The molecule has 1 rings (SSSR count). The van der Waals surface area contributed by atoms with Gasteiger partial charge in [-0.1, -0.05) is 0 Å². The van der Waals surface area contributed by atoms with Crippen molar-refractivity contribution in [3.8, 4) is 11.9 Å². The topological polar surface area (TPSA) is 112 Å². The lowest BCUT2D eigenvalue weighted by Gasteiger charge is -2.16. The summed E-state index contributed by atoms with van der Waals surface area (Å²) in [6.07, 6.45) is -2.71. The van der Waals surface area contributed by atoms with Crippen LogP contribution in [0.1, 0.15) is 18.2 Å². The molecule has 16 heavy (non-hydrogen) atoms. The smallest absolute Gasteiger partial charge is 0.213 e. The Balaban J connectivity index is 2.98. The van der Waals surface area contributed by atoms with E-state index in [1.807, 2.05) is 0 Å². The van der Waals surface area contributed by atoms with Crippen LogP contribution in [0.25, 0.3) is 0 Å². The van der Waals surface area contributed by atoms with Gasteiger partial charge in [-0.05, 0) is 6.07 Å². The molecule has 86 valence electrons. The zero-order chi connectivity index (χ0) is 12.1. The standard InChI is InChI=1S/C10H13N3O3/c1-16-8-3-2-6(12)9(13-8)10(15)7(14)4-5-11/h2-3,7,10,14-15H,4,12H2,1H3. The number of aromatic nitrogens is 1. The molecule has 0 spiro atoms. The van der Waals surface area contributed by atoms with E-state index in [1.165, 1.54) is 13.2 Å². The highest BCUT2D eigenvalue weighted by Gasteiger charge is 2.22. The van der Waals surface area contributed by atoms with Crippen LogP contribution in [-0.4, -0.2) is 28.4 Å². The molecule has 0 amide bonds. The van der Waals surface area contributed by atoms with Crippen LogP contribution in [-0.2, 0) is 0 Å². The summed E-state index contributed by atoms with van der Waals surface area (Å²) in [7, 11) is 1.43. The number of nitrogens with two attached hydrogens (primary N) is 1. The van der Waals surface area contributed by atoms with E-state index in [2.05, 4.69) is 4.98 Å². The molecule has 6 nitrogen and oxygen atoms in total. The van der Waals surface area contributed by atoms with E-state index in [-0.39, 0.29) is 23.7 Å². The van der Waals surface area contributed by atoms with Crippen LogP contribution in [0.2, 0.25) is 0 Å². The van der Waals surface area contributed by atoms with Crippen LogP contribution in [0.3, 0.4) is 0 Å². The molecule has 0 saturated heterocycles. The lowest BCUT2D eigenvalue weighted by atomic mass is 10.1. The fourth-order valence-electron chi connectivity index (χ4n) is 1.20. The molecule has 0 aliphatic carbocycles. The zero-order valence-electron chi connectivity index (χ0n) is 8.79. The molecule has 4 N–H and O–H groups in total. The molecule has 0 bridgehead atoms. The molecule has 0 aromatic carbocycles. The molecule has 1 aromatic rings. The van der Waals surface area contributed by atoms with Gasteiger partial charge in [0.1, 0.15) is 6.10 Å². The SMILES string of the molecule is COc1ccc(N)c(C(O)C(O)CC#N)n1. The second kappa shape index (κ2) is 5.30. The van der Waals surface area contributed by atoms with Gasteiger partial charge in [0.15, 0.2) is 0 Å². The number of pyridine rings is 1. The fraction of sp³-hybridized carbons (Fsp3) is 0.400. The highest BCUT2D eigenvalue weighted by atomic mass is 16.5. The molecular weight excluding hydrogens is 210 g/mol. The van der Waals surface area contributed by atoms with Crippen LogP contribution >= 0.6 is 0 Å². The number of aliphatic hydroxyl groups is 2. The highest BCUT2D eigenvalue weighted by molar-refractivity contribution is 5.46. The minimum absolute atomic E-state index is 0.113.